The third-order valence-corrected chi connectivity index (χ3v) is 4.07. The van der Waals surface area contributed by atoms with E-state index in [9.17, 15) is 0 Å². The predicted molar refractivity (Wildman–Crippen MR) is 70.6 cm³/mol. The van der Waals surface area contributed by atoms with Crippen molar-refractivity contribution < 1.29 is 4.74 Å². The number of benzene rings is 1. The Morgan fingerprint density at radius 1 is 1.29 bits per heavy atom. The second-order valence-electron chi connectivity index (χ2n) is 4.42. The van der Waals surface area contributed by atoms with Gasteiger partial charge in [-0.1, -0.05) is 24.3 Å². The van der Waals surface area contributed by atoms with Crippen molar-refractivity contribution in [3.8, 4) is 5.75 Å². The van der Waals surface area contributed by atoms with Gasteiger partial charge in [-0.25, -0.2) is 0 Å². The van der Waals surface area contributed by atoms with E-state index in [2.05, 4.69) is 29.6 Å². The first-order valence-corrected chi connectivity index (χ1v) is 6.73. The van der Waals surface area contributed by atoms with Gasteiger partial charge in [0.2, 0.25) is 0 Å². The third-order valence-electron chi connectivity index (χ3n) is 3.17. The van der Waals surface area contributed by atoms with E-state index in [4.69, 9.17) is 10.5 Å². The molecule has 2 unspecified atom stereocenters. The van der Waals surface area contributed by atoms with Crippen LogP contribution < -0.4 is 10.5 Å². The van der Waals surface area contributed by atoms with Crippen molar-refractivity contribution in [1.82, 2.24) is 0 Å². The van der Waals surface area contributed by atoms with Crippen molar-refractivity contribution in [2.45, 2.75) is 25.0 Å². The van der Waals surface area contributed by atoms with Crippen LogP contribution in [-0.4, -0.2) is 12.1 Å². The molecule has 0 saturated carbocycles. The number of para-hydroxylation sites is 1. The smallest absolute Gasteiger partial charge is 0.123 e. The lowest BCUT2D eigenvalue weighted by atomic mass is 10.0. The van der Waals surface area contributed by atoms with Gasteiger partial charge in [0.25, 0.3) is 0 Å². The highest BCUT2D eigenvalue weighted by molar-refractivity contribution is 7.09. The summed E-state index contributed by atoms with van der Waals surface area (Å²) in [5.41, 5.74) is 7.51. The largest absolute Gasteiger partial charge is 0.488 e. The lowest BCUT2D eigenvalue weighted by molar-refractivity contribution is 0.198. The second kappa shape index (κ2) is 4.51. The fraction of sp³-hybridized carbons (Fsp3) is 0.286. The molecule has 17 heavy (non-hydrogen) atoms. The van der Waals surface area contributed by atoms with Crippen LogP contribution in [0.2, 0.25) is 0 Å². The maximum absolute atomic E-state index is 6.23. The first kappa shape index (κ1) is 10.8. The molecule has 1 aromatic carbocycles. The standard InChI is InChI=1S/C14H15NOS/c15-12(9-11-5-3-7-17-11)14-8-10-4-1-2-6-13(10)16-14/h1-7,12,14H,8-9,15H2. The van der Waals surface area contributed by atoms with Crippen LogP contribution >= 0.6 is 11.3 Å². The number of fused-ring (bicyclic) bond motifs is 1. The quantitative estimate of drug-likeness (QED) is 0.902. The van der Waals surface area contributed by atoms with E-state index in [1.165, 1.54) is 10.4 Å². The first-order valence-electron chi connectivity index (χ1n) is 5.85. The zero-order valence-electron chi connectivity index (χ0n) is 9.50. The molecule has 3 heteroatoms. The molecule has 88 valence electrons. The highest BCUT2D eigenvalue weighted by atomic mass is 32.1. The van der Waals surface area contributed by atoms with Gasteiger partial charge in [-0.2, -0.15) is 0 Å². The van der Waals surface area contributed by atoms with Crippen molar-refractivity contribution in [3.05, 3.63) is 52.2 Å². The van der Waals surface area contributed by atoms with Crippen molar-refractivity contribution in [1.29, 1.82) is 0 Å². The molecule has 0 saturated heterocycles. The van der Waals surface area contributed by atoms with Crippen molar-refractivity contribution in [3.63, 3.8) is 0 Å². The zero-order chi connectivity index (χ0) is 11.7. The first-order chi connectivity index (χ1) is 8.33. The molecule has 0 spiro atoms. The van der Waals surface area contributed by atoms with Gasteiger partial charge < -0.3 is 10.5 Å². The Morgan fingerprint density at radius 2 is 2.18 bits per heavy atom. The molecule has 2 N–H and O–H groups in total. The van der Waals surface area contributed by atoms with Crippen LogP contribution in [0.4, 0.5) is 0 Å². The number of thiophene rings is 1. The van der Waals surface area contributed by atoms with Crippen molar-refractivity contribution >= 4 is 11.3 Å². The number of hydrogen-bond donors (Lipinski definition) is 1. The van der Waals surface area contributed by atoms with Gasteiger partial charge in [-0.3, -0.25) is 0 Å². The van der Waals surface area contributed by atoms with Gasteiger partial charge in [0.1, 0.15) is 11.9 Å². The summed E-state index contributed by atoms with van der Waals surface area (Å²) in [5.74, 6) is 0.999. The summed E-state index contributed by atoms with van der Waals surface area (Å²) in [6, 6.07) is 12.5. The van der Waals surface area contributed by atoms with E-state index in [-0.39, 0.29) is 12.1 Å². The Bertz CT molecular complexity index is 470. The van der Waals surface area contributed by atoms with Gasteiger partial charge in [-0.05, 0) is 23.1 Å². The molecule has 0 bridgehead atoms. The topological polar surface area (TPSA) is 35.2 Å². The fourth-order valence-corrected chi connectivity index (χ4v) is 3.02. The minimum absolute atomic E-state index is 0.0704. The average molecular weight is 245 g/mol. The molecule has 1 aliphatic heterocycles. The minimum Gasteiger partial charge on any atom is -0.488 e. The van der Waals surface area contributed by atoms with E-state index in [1.54, 1.807) is 11.3 Å². The highest BCUT2D eigenvalue weighted by Gasteiger charge is 2.27. The van der Waals surface area contributed by atoms with Crippen LogP contribution in [0.1, 0.15) is 10.4 Å². The molecule has 0 amide bonds. The van der Waals surface area contributed by atoms with E-state index >= 15 is 0 Å². The lowest BCUT2D eigenvalue weighted by Crippen LogP contribution is -2.39. The molecule has 0 aliphatic carbocycles. The van der Waals surface area contributed by atoms with Gasteiger partial charge in [0.05, 0.1) is 0 Å². The summed E-state index contributed by atoms with van der Waals surface area (Å²) >= 11 is 1.76. The molecule has 1 aromatic heterocycles. The molecular weight excluding hydrogens is 230 g/mol. The Morgan fingerprint density at radius 3 is 2.94 bits per heavy atom. The second-order valence-corrected chi connectivity index (χ2v) is 5.45. The van der Waals surface area contributed by atoms with Crippen LogP contribution in [0.15, 0.2) is 41.8 Å². The Labute approximate surface area is 105 Å². The Hall–Kier alpha value is -1.32. The molecular formula is C14H15NOS. The highest BCUT2D eigenvalue weighted by Crippen LogP contribution is 2.29. The van der Waals surface area contributed by atoms with Crippen molar-refractivity contribution in [2.24, 2.45) is 5.73 Å². The molecule has 0 fully saturated rings. The minimum atomic E-state index is 0.0704. The van der Waals surface area contributed by atoms with E-state index < -0.39 is 0 Å². The van der Waals surface area contributed by atoms with Crippen molar-refractivity contribution in [2.75, 3.05) is 0 Å². The number of nitrogens with two attached hydrogens (primary N) is 1. The van der Waals surface area contributed by atoms with Gasteiger partial charge in [0.15, 0.2) is 0 Å². The molecule has 1 aliphatic rings. The maximum Gasteiger partial charge on any atom is 0.123 e. The summed E-state index contributed by atoms with van der Waals surface area (Å²) in [4.78, 5) is 1.33. The third kappa shape index (κ3) is 2.21. The molecule has 3 rings (SSSR count). The monoisotopic (exact) mass is 245 g/mol. The van der Waals surface area contributed by atoms with Gasteiger partial charge in [0, 0.05) is 23.8 Å². The van der Waals surface area contributed by atoms with Crippen LogP contribution in [0, 0.1) is 0 Å². The SMILES string of the molecule is NC(Cc1cccs1)C1Cc2ccccc2O1. The molecule has 2 aromatic rings. The Balaban J connectivity index is 1.68. The van der Waals surface area contributed by atoms with Gasteiger partial charge >= 0.3 is 0 Å². The summed E-state index contributed by atoms with van der Waals surface area (Å²) in [6.45, 7) is 0. The number of ether oxygens (including phenoxy) is 1. The number of rotatable bonds is 3. The molecule has 2 heterocycles. The fourth-order valence-electron chi connectivity index (χ4n) is 2.24. The molecule has 2 atom stereocenters. The summed E-state index contributed by atoms with van der Waals surface area (Å²) in [5, 5.41) is 2.09. The van der Waals surface area contributed by atoms with Crippen LogP contribution in [0.25, 0.3) is 0 Å². The predicted octanol–water partition coefficient (Wildman–Crippen LogP) is 2.62. The van der Waals surface area contributed by atoms with E-state index in [0.717, 1.165) is 18.6 Å². The lowest BCUT2D eigenvalue weighted by Gasteiger charge is -2.18. The van der Waals surface area contributed by atoms with Gasteiger partial charge in [-0.15, -0.1) is 11.3 Å². The average Bonchev–Trinajstić information content (AvgIpc) is 2.96. The maximum atomic E-state index is 6.23. The Kier molecular flexibility index (Phi) is 2.87. The number of hydrogen-bond acceptors (Lipinski definition) is 3. The van der Waals surface area contributed by atoms with E-state index in [1.807, 2.05) is 12.1 Å². The van der Waals surface area contributed by atoms with Crippen LogP contribution in [0.3, 0.4) is 0 Å². The normalized spacial score (nSPS) is 19.7. The summed E-state index contributed by atoms with van der Waals surface area (Å²) < 4.78 is 5.90. The summed E-state index contributed by atoms with van der Waals surface area (Å²) in [6.07, 6.45) is 1.95. The summed E-state index contributed by atoms with van der Waals surface area (Å²) in [7, 11) is 0. The van der Waals surface area contributed by atoms with Crippen LogP contribution in [0.5, 0.6) is 5.75 Å². The van der Waals surface area contributed by atoms with E-state index in [0.29, 0.717) is 0 Å². The molecule has 0 radical (unpaired) electrons. The molecule has 2 nitrogen and oxygen atoms in total. The zero-order valence-corrected chi connectivity index (χ0v) is 10.3. The van der Waals surface area contributed by atoms with Crippen LogP contribution in [-0.2, 0) is 12.8 Å².